The zero-order valence-electron chi connectivity index (χ0n) is 14.6. The van der Waals surface area contributed by atoms with Crippen LogP contribution < -0.4 is 0 Å². The average Bonchev–Trinajstić information content (AvgIpc) is 2.99. The first kappa shape index (κ1) is 18.6. The van der Waals surface area contributed by atoms with Crippen LogP contribution in [0.1, 0.15) is 11.1 Å². The van der Waals surface area contributed by atoms with Gasteiger partial charge >= 0.3 is 0 Å². The SMILES string of the molecule is CN(Cc1cn(Cc2ccccc2Cl)nc1-c1ccccc1)S(C)(=O)=O. The topological polar surface area (TPSA) is 55.2 Å². The maximum Gasteiger partial charge on any atom is 0.211 e. The third-order valence-corrected chi connectivity index (χ3v) is 5.76. The molecule has 0 spiro atoms. The predicted octanol–water partition coefficient (Wildman–Crippen LogP) is 3.64. The van der Waals surface area contributed by atoms with E-state index in [1.807, 2.05) is 60.8 Å². The Labute approximate surface area is 158 Å². The molecule has 0 saturated heterocycles. The Bertz CT molecular complexity index is 1000. The normalized spacial score (nSPS) is 11.8. The summed E-state index contributed by atoms with van der Waals surface area (Å²) in [7, 11) is -1.72. The van der Waals surface area contributed by atoms with Crippen LogP contribution in [0.4, 0.5) is 0 Å². The highest BCUT2D eigenvalue weighted by molar-refractivity contribution is 7.88. The van der Waals surface area contributed by atoms with Gasteiger partial charge in [-0.3, -0.25) is 4.68 Å². The van der Waals surface area contributed by atoms with Crippen molar-refractivity contribution in [2.24, 2.45) is 0 Å². The Hall–Kier alpha value is -2.15. The molecule has 0 saturated carbocycles. The molecule has 3 rings (SSSR count). The fraction of sp³-hybridized carbons (Fsp3) is 0.211. The molecule has 2 aromatic carbocycles. The van der Waals surface area contributed by atoms with Gasteiger partial charge in [0, 0.05) is 35.9 Å². The molecule has 3 aromatic rings. The Morgan fingerprint density at radius 3 is 2.35 bits per heavy atom. The number of rotatable bonds is 6. The van der Waals surface area contributed by atoms with Gasteiger partial charge in [-0.25, -0.2) is 12.7 Å². The van der Waals surface area contributed by atoms with Gasteiger partial charge in [0.1, 0.15) is 0 Å². The summed E-state index contributed by atoms with van der Waals surface area (Å²) in [6.45, 7) is 0.772. The predicted molar refractivity (Wildman–Crippen MR) is 105 cm³/mol. The molecule has 7 heteroatoms. The van der Waals surface area contributed by atoms with Crippen molar-refractivity contribution in [1.82, 2.24) is 14.1 Å². The third kappa shape index (κ3) is 4.33. The van der Waals surface area contributed by atoms with E-state index in [4.69, 9.17) is 11.6 Å². The van der Waals surface area contributed by atoms with Gasteiger partial charge in [0.2, 0.25) is 10.0 Å². The highest BCUT2D eigenvalue weighted by atomic mass is 35.5. The standard InChI is InChI=1S/C19H20ClN3O2S/c1-22(26(2,24)25)12-17-14-23(13-16-10-6-7-11-18(16)20)21-19(17)15-8-4-3-5-9-15/h3-11,14H,12-13H2,1-2H3. The highest BCUT2D eigenvalue weighted by Crippen LogP contribution is 2.25. The fourth-order valence-corrected chi connectivity index (χ4v) is 3.23. The molecular formula is C19H20ClN3O2S. The molecule has 0 amide bonds. The zero-order valence-corrected chi connectivity index (χ0v) is 16.2. The van der Waals surface area contributed by atoms with Crippen molar-refractivity contribution in [3.8, 4) is 11.3 Å². The quantitative estimate of drug-likeness (QED) is 0.646. The molecule has 136 valence electrons. The van der Waals surface area contributed by atoms with E-state index < -0.39 is 10.0 Å². The van der Waals surface area contributed by atoms with Crippen molar-refractivity contribution < 1.29 is 8.42 Å². The lowest BCUT2D eigenvalue weighted by molar-refractivity contribution is 0.472. The highest BCUT2D eigenvalue weighted by Gasteiger charge is 2.18. The molecule has 0 N–H and O–H groups in total. The van der Waals surface area contributed by atoms with Crippen molar-refractivity contribution in [3.63, 3.8) is 0 Å². The van der Waals surface area contributed by atoms with Gasteiger partial charge in [-0.15, -0.1) is 0 Å². The number of aromatic nitrogens is 2. The van der Waals surface area contributed by atoms with Crippen LogP contribution in [0, 0.1) is 0 Å². The summed E-state index contributed by atoms with van der Waals surface area (Å²) in [5.74, 6) is 0. The molecule has 1 heterocycles. The van der Waals surface area contributed by atoms with E-state index in [0.717, 1.165) is 22.4 Å². The Balaban J connectivity index is 1.99. The summed E-state index contributed by atoms with van der Waals surface area (Å²) in [6, 6.07) is 17.4. The smallest absolute Gasteiger partial charge is 0.211 e. The first-order valence-corrected chi connectivity index (χ1v) is 10.3. The Morgan fingerprint density at radius 2 is 1.69 bits per heavy atom. The molecule has 0 fully saturated rings. The van der Waals surface area contributed by atoms with Crippen molar-refractivity contribution in [1.29, 1.82) is 0 Å². The van der Waals surface area contributed by atoms with Gasteiger partial charge in [0.15, 0.2) is 0 Å². The van der Waals surface area contributed by atoms with Crippen LogP contribution in [0.3, 0.4) is 0 Å². The van der Waals surface area contributed by atoms with Gasteiger partial charge < -0.3 is 0 Å². The summed E-state index contributed by atoms with van der Waals surface area (Å²) >= 11 is 6.25. The van der Waals surface area contributed by atoms with E-state index in [9.17, 15) is 8.42 Å². The molecule has 1 aromatic heterocycles. The van der Waals surface area contributed by atoms with Gasteiger partial charge in [-0.1, -0.05) is 60.1 Å². The van der Waals surface area contributed by atoms with Crippen molar-refractivity contribution >= 4 is 21.6 Å². The Morgan fingerprint density at radius 1 is 1.04 bits per heavy atom. The molecule has 0 aliphatic heterocycles. The van der Waals surface area contributed by atoms with E-state index >= 15 is 0 Å². The maximum atomic E-state index is 11.8. The molecule has 26 heavy (non-hydrogen) atoms. The molecule has 5 nitrogen and oxygen atoms in total. The minimum Gasteiger partial charge on any atom is -0.267 e. The minimum absolute atomic E-state index is 0.256. The van der Waals surface area contributed by atoms with Crippen molar-refractivity contribution in [2.75, 3.05) is 13.3 Å². The van der Waals surface area contributed by atoms with Crippen LogP contribution in [-0.4, -0.2) is 35.8 Å². The summed E-state index contributed by atoms with van der Waals surface area (Å²) in [6.07, 6.45) is 3.08. The third-order valence-electron chi connectivity index (χ3n) is 4.13. The van der Waals surface area contributed by atoms with E-state index in [0.29, 0.717) is 11.6 Å². The number of sulfonamides is 1. The summed E-state index contributed by atoms with van der Waals surface area (Å²) in [5, 5.41) is 5.37. The minimum atomic E-state index is -3.28. The van der Waals surface area contributed by atoms with Crippen LogP contribution >= 0.6 is 11.6 Å². The second-order valence-electron chi connectivity index (χ2n) is 6.18. The maximum absolute atomic E-state index is 11.8. The van der Waals surface area contributed by atoms with Gasteiger partial charge in [0.05, 0.1) is 18.5 Å². The summed E-state index contributed by atoms with van der Waals surface area (Å²) < 4.78 is 26.7. The molecule has 0 radical (unpaired) electrons. The zero-order chi connectivity index (χ0) is 18.7. The average molecular weight is 390 g/mol. The van der Waals surface area contributed by atoms with E-state index in [2.05, 4.69) is 5.10 Å². The van der Waals surface area contributed by atoms with Crippen LogP contribution in [0.25, 0.3) is 11.3 Å². The molecule has 0 aliphatic carbocycles. The number of hydrogen-bond donors (Lipinski definition) is 0. The van der Waals surface area contributed by atoms with Gasteiger partial charge in [-0.2, -0.15) is 5.10 Å². The lowest BCUT2D eigenvalue weighted by Crippen LogP contribution is -2.24. The van der Waals surface area contributed by atoms with E-state index in [1.54, 1.807) is 11.7 Å². The number of benzene rings is 2. The molecule has 0 bridgehead atoms. The van der Waals surface area contributed by atoms with Gasteiger partial charge in [-0.05, 0) is 11.6 Å². The first-order chi connectivity index (χ1) is 12.3. The Kier molecular flexibility index (Phi) is 5.46. The van der Waals surface area contributed by atoms with Crippen LogP contribution in [0.15, 0.2) is 60.8 Å². The molecule has 0 unspecified atom stereocenters. The lowest BCUT2D eigenvalue weighted by atomic mass is 10.1. The van der Waals surface area contributed by atoms with Gasteiger partial charge in [0.25, 0.3) is 0 Å². The molecule has 0 atom stereocenters. The number of nitrogens with zero attached hydrogens (tertiary/aromatic N) is 3. The van der Waals surface area contributed by atoms with Crippen molar-refractivity contribution in [2.45, 2.75) is 13.1 Å². The van der Waals surface area contributed by atoms with Crippen molar-refractivity contribution in [3.05, 3.63) is 76.9 Å². The second kappa shape index (κ2) is 7.61. The lowest BCUT2D eigenvalue weighted by Gasteiger charge is -2.13. The summed E-state index contributed by atoms with van der Waals surface area (Å²) in [5.41, 5.74) is 3.52. The monoisotopic (exact) mass is 389 g/mol. The first-order valence-electron chi connectivity index (χ1n) is 8.11. The molecular weight excluding hydrogens is 370 g/mol. The van der Waals surface area contributed by atoms with E-state index in [1.165, 1.54) is 10.6 Å². The number of hydrogen-bond acceptors (Lipinski definition) is 3. The summed E-state index contributed by atoms with van der Waals surface area (Å²) in [4.78, 5) is 0. The molecule has 0 aliphatic rings. The number of halogens is 1. The fourth-order valence-electron chi connectivity index (χ4n) is 2.66. The van der Waals surface area contributed by atoms with Crippen LogP contribution in [-0.2, 0) is 23.1 Å². The van der Waals surface area contributed by atoms with Crippen LogP contribution in [0.2, 0.25) is 5.02 Å². The van der Waals surface area contributed by atoms with E-state index in [-0.39, 0.29) is 6.54 Å². The largest absolute Gasteiger partial charge is 0.267 e. The van der Waals surface area contributed by atoms with Crippen LogP contribution in [0.5, 0.6) is 0 Å². The second-order valence-corrected chi connectivity index (χ2v) is 8.67.